The minimum atomic E-state index is -0.897. The van der Waals surface area contributed by atoms with Gasteiger partial charge in [-0.25, -0.2) is 4.79 Å². The molecule has 0 bridgehead atoms. The lowest BCUT2D eigenvalue weighted by Gasteiger charge is -2.36. The molecule has 3 aromatic rings. The average Bonchev–Trinajstić information content (AvgIpc) is 3.34. The van der Waals surface area contributed by atoms with Gasteiger partial charge in [-0.15, -0.1) is 11.3 Å². The van der Waals surface area contributed by atoms with Crippen molar-refractivity contribution in [2.24, 2.45) is 0 Å². The summed E-state index contributed by atoms with van der Waals surface area (Å²) in [6, 6.07) is 18.5. The summed E-state index contributed by atoms with van der Waals surface area (Å²) in [5, 5.41) is 12.2. The molecule has 0 fully saturated rings. The lowest BCUT2D eigenvalue weighted by Crippen LogP contribution is -2.44. The van der Waals surface area contributed by atoms with Crippen molar-refractivity contribution in [3.05, 3.63) is 81.5 Å². The second-order valence-electron chi connectivity index (χ2n) is 7.75. The van der Waals surface area contributed by atoms with E-state index in [0.29, 0.717) is 13.2 Å². The lowest BCUT2D eigenvalue weighted by atomic mass is 9.95. The van der Waals surface area contributed by atoms with Gasteiger partial charge >= 0.3 is 6.09 Å². The average molecular weight is 406 g/mol. The second kappa shape index (κ2) is 7.32. The molecular weight excluding hydrogens is 382 g/mol. The Morgan fingerprint density at radius 3 is 2.45 bits per heavy atom. The molecule has 1 aromatic heterocycles. The number of carbonyl (C=O) groups is 1. The number of thiophene rings is 1. The number of carboxylic acid groups (broad SMARTS) is 1. The SMILES string of the molecule is C[C@H]([C@@H]1OCCc2ccsc21)N(CC1c2ccccc2-c2ccccc21)C(=O)O. The molecule has 0 radical (unpaired) electrons. The molecule has 2 atom stereocenters. The smallest absolute Gasteiger partial charge is 0.407 e. The number of ether oxygens (including phenoxy) is 1. The van der Waals surface area contributed by atoms with Crippen molar-refractivity contribution in [2.45, 2.75) is 31.4 Å². The largest absolute Gasteiger partial charge is 0.465 e. The molecule has 0 saturated heterocycles. The summed E-state index contributed by atoms with van der Waals surface area (Å²) in [5.74, 6) is 0.0346. The van der Waals surface area contributed by atoms with Gasteiger partial charge in [0.25, 0.3) is 0 Å². The summed E-state index contributed by atoms with van der Waals surface area (Å²) in [4.78, 5) is 15.1. The maximum absolute atomic E-state index is 12.3. The van der Waals surface area contributed by atoms with Crippen LogP contribution in [-0.4, -0.2) is 35.3 Å². The van der Waals surface area contributed by atoms with E-state index in [1.54, 1.807) is 16.2 Å². The van der Waals surface area contributed by atoms with Gasteiger partial charge in [0.15, 0.2) is 0 Å². The van der Waals surface area contributed by atoms with Crippen LogP contribution in [0.1, 0.15) is 40.5 Å². The molecule has 2 aromatic carbocycles. The lowest BCUT2D eigenvalue weighted by molar-refractivity contribution is -0.0121. The monoisotopic (exact) mass is 405 g/mol. The van der Waals surface area contributed by atoms with E-state index in [9.17, 15) is 9.90 Å². The van der Waals surface area contributed by atoms with Crippen LogP contribution in [0.5, 0.6) is 0 Å². The molecule has 0 spiro atoms. The Morgan fingerprint density at radius 2 is 1.79 bits per heavy atom. The molecule has 1 aliphatic carbocycles. The summed E-state index contributed by atoms with van der Waals surface area (Å²) < 4.78 is 6.06. The quantitative estimate of drug-likeness (QED) is 0.620. The third-order valence-electron chi connectivity index (χ3n) is 6.23. The summed E-state index contributed by atoms with van der Waals surface area (Å²) in [6.07, 6.45) is -0.202. The normalized spacial score (nSPS) is 18.6. The molecule has 29 heavy (non-hydrogen) atoms. The van der Waals surface area contributed by atoms with Gasteiger partial charge in [-0.1, -0.05) is 48.5 Å². The van der Waals surface area contributed by atoms with Gasteiger partial charge in [-0.05, 0) is 52.6 Å². The number of benzene rings is 2. The number of nitrogens with zero attached hydrogens (tertiary/aromatic N) is 1. The first-order valence-corrected chi connectivity index (χ1v) is 10.9. The molecule has 1 aliphatic heterocycles. The standard InChI is InChI=1S/C24H23NO3S/c1-15(22-23-16(10-12-28-22)11-13-29-23)25(24(26)27)14-21-19-8-4-2-6-17(19)18-7-3-5-9-20(18)21/h2-9,11,13,15,21-22H,10,12,14H2,1H3,(H,26,27)/t15-,22+/m1/s1. The van der Waals surface area contributed by atoms with Crippen LogP contribution >= 0.6 is 11.3 Å². The fraction of sp³-hybridized carbons (Fsp3) is 0.292. The summed E-state index contributed by atoms with van der Waals surface area (Å²) >= 11 is 1.67. The Hall–Kier alpha value is -2.63. The van der Waals surface area contributed by atoms with Crippen LogP contribution in [0.25, 0.3) is 11.1 Å². The van der Waals surface area contributed by atoms with Crippen molar-refractivity contribution in [2.75, 3.05) is 13.2 Å². The number of fused-ring (bicyclic) bond motifs is 4. The molecular formula is C24H23NO3S. The highest BCUT2D eigenvalue weighted by Gasteiger charge is 2.37. The van der Waals surface area contributed by atoms with Crippen LogP contribution in [0.4, 0.5) is 4.79 Å². The highest BCUT2D eigenvalue weighted by atomic mass is 32.1. The summed E-state index contributed by atoms with van der Waals surface area (Å²) in [6.45, 7) is 3.03. The fourth-order valence-corrected chi connectivity index (χ4v) is 5.87. The van der Waals surface area contributed by atoms with E-state index in [-0.39, 0.29) is 18.1 Å². The van der Waals surface area contributed by atoms with Gasteiger partial charge in [-0.2, -0.15) is 0 Å². The fourth-order valence-electron chi connectivity index (χ4n) is 4.77. The Kier molecular flexibility index (Phi) is 4.64. The van der Waals surface area contributed by atoms with Crippen molar-refractivity contribution in [1.82, 2.24) is 4.90 Å². The summed E-state index contributed by atoms with van der Waals surface area (Å²) in [5.41, 5.74) is 6.11. The molecule has 2 heterocycles. The first-order chi connectivity index (χ1) is 14.1. The number of rotatable bonds is 4. The molecule has 2 aliphatic rings. The molecule has 5 rings (SSSR count). The van der Waals surface area contributed by atoms with Crippen LogP contribution in [0.2, 0.25) is 0 Å². The third-order valence-corrected chi connectivity index (χ3v) is 7.25. The maximum Gasteiger partial charge on any atom is 0.407 e. The number of hydrogen-bond donors (Lipinski definition) is 1. The van der Waals surface area contributed by atoms with Crippen LogP contribution in [0.15, 0.2) is 60.0 Å². The van der Waals surface area contributed by atoms with Gasteiger partial charge in [-0.3, -0.25) is 0 Å². The Labute approximate surface area is 174 Å². The number of amides is 1. The molecule has 1 amide bonds. The van der Waals surface area contributed by atoms with E-state index in [1.165, 1.54) is 32.7 Å². The molecule has 0 unspecified atom stereocenters. The van der Waals surface area contributed by atoms with E-state index in [4.69, 9.17) is 4.74 Å². The van der Waals surface area contributed by atoms with Crippen LogP contribution in [-0.2, 0) is 11.2 Å². The predicted octanol–water partition coefficient (Wildman–Crippen LogP) is 5.54. The van der Waals surface area contributed by atoms with Crippen molar-refractivity contribution in [3.63, 3.8) is 0 Å². The first-order valence-electron chi connectivity index (χ1n) is 10.0. The highest BCUT2D eigenvalue weighted by Crippen LogP contribution is 2.45. The van der Waals surface area contributed by atoms with Gasteiger partial charge in [0.05, 0.1) is 12.6 Å². The van der Waals surface area contributed by atoms with Crippen molar-refractivity contribution < 1.29 is 14.6 Å². The van der Waals surface area contributed by atoms with Gasteiger partial charge < -0.3 is 14.7 Å². The van der Waals surface area contributed by atoms with Crippen LogP contribution in [0.3, 0.4) is 0 Å². The summed E-state index contributed by atoms with van der Waals surface area (Å²) in [7, 11) is 0. The minimum Gasteiger partial charge on any atom is -0.465 e. The highest BCUT2D eigenvalue weighted by molar-refractivity contribution is 7.10. The van der Waals surface area contributed by atoms with E-state index in [2.05, 4.69) is 35.7 Å². The molecule has 4 nitrogen and oxygen atoms in total. The van der Waals surface area contributed by atoms with E-state index in [1.807, 2.05) is 31.2 Å². The van der Waals surface area contributed by atoms with Gasteiger partial charge in [0.2, 0.25) is 0 Å². The van der Waals surface area contributed by atoms with Crippen molar-refractivity contribution >= 4 is 17.4 Å². The Bertz CT molecular complexity index is 1010. The topological polar surface area (TPSA) is 49.8 Å². The zero-order chi connectivity index (χ0) is 20.0. The van der Waals surface area contributed by atoms with Gasteiger partial charge in [0, 0.05) is 17.3 Å². The first kappa shape index (κ1) is 18.4. The minimum absolute atomic E-state index is 0.0346. The third kappa shape index (κ3) is 3.05. The predicted molar refractivity (Wildman–Crippen MR) is 115 cm³/mol. The Morgan fingerprint density at radius 1 is 1.14 bits per heavy atom. The molecule has 0 saturated carbocycles. The molecule has 148 valence electrons. The zero-order valence-corrected chi connectivity index (χ0v) is 17.1. The zero-order valence-electron chi connectivity index (χ0n) is 16.2. The van der Waals surface area contributed by atoms with E-state index >= 15 is 0 Å². The maximum atomic E-state index is 12.3. The molecule has 1 N–H and O–H groups in total. The Balaban J connectivity index is 1.49. The van der Waals surface area contributed by atoms with Crippen LogP contribution < -0.4 is 0 Å². The second-order valence-corrected chi connectivity index (χ2v) is 8.70. The van der Waals surface area contributed by atoms with Gasteiger partial charge in [0.1, 0.15) is 6.10 Å². The number of hydrogen-bond acceptors (Lipinski definition) is 3. The van der Waals surface area contributed by atoms with Crippen molar-refractivity contribution in [3.8, 4) is 11.1 Å². The van der Waals surface area contributed by atoms with Crippen LogP contribution in [0, 0.1) is 0 Å². The molecule has 5 heteroatoms. The van der Waals surface area contributed by atoms with E-state index in [0.717, 1.165) is 6.42 Å². The van der Waals surface area contributed by atoms with E-state index < -0.39 is 6.09 Å². The van der Waals surface area contributed by atoms with Crippen molar-refractivity contribution in [1.29, 1.82) is 0 Å².